The summed E-state index contributed by atoms with van der Waals surface area (Å²) in [6.45, 7) is 0. The second kappa shape index (κ2) is 8.62. The van der Waals surface area contributed by atoms with Crippen molar-refractivity contribution in [2.45, 2.75) is 0 Å². The number of rotatable bonds is 6. The second-order valence-electron chi connectivity index (χ2n) is 6.11. The van der Waals surface area contributed by atoms with E-state index in [1.807, 2.05) is 30.3 Å². The van der Waals surface area contributed by atoms with Crippen LogP contribution >= 0.6 is 0 Å². The molecule has 0 saturated heterocycles. The molecule has 2 N–H and O–H groups in total. The first-order valence-electron chi connectivity index (χ1n) is 8.60. The molecule has 0 fully saturated rings. The minimum atomic E-state index is -1.16. The van der Waals surface area contributed by atoms with Gasteiger partial charge in [0.25, 0.3) is 5.69 Å². The maximum absolute atomic E-state index is 12.3. The maximum atomic E-state index is 12.3. The summed E-state index contributed by atoms with van der Waals surface area (Å²) < 4.78 is 0. The van der Waals surface area contributed by atoms with Crippen LogP contribution in [0.4, 0.5) is 11.4 Å². The summed E-state index contributed by atoms with van der Waals surface area (Å²) in [5, 5.41) is 22.8. The summed E-state index contributed by atoms with van der Waals surface area (Å²) in [6.07, 6.45) is 2.61. The number of amides is 1. The van der Waals surface area contributed by atoms with E-state index in [1.165, 1.54) is 36.4 Å². The Bertz CT molecular complexity index is 1110. The summed E-state index contributed by atoms with van der Waals surface area (Å²) in [7, 11) is 0. The molecule has 0 unspecified atom stereocenters. The number of nitrogens with zero attached hydrogens (tertiary/aromatic N) is 1. The van der Waals surface area contributed by atoms with Crippen LogP contribution in [-0.4, -0.2) is 21.9 Å². The zero-order valence-corrected chi connectivity index (χ0v) is 15.1. The number of non-ortho nitro benzene ring substituents is 1. The van der Waals surface area contributed by atoms with Crippen LogP contribution in [0.15, 0.2) is 78.9 Å². The average molecular weight is 388 g/mol. The minimum absolute atomic E-state index is 0.0400. The Morgan fingerprint density at radius 2 is 1.69 bits per heavy atom. The van der Waals surface area contributed by atoms with Crippen LogP contribution in [-0.2, 0) is 4.79 Å². The molecule has 1 amide bonds. The molecule has 0 radical (unpaired) electrons. The van der Waals surface area contributed by atoms with E-state index in [0.717, 1.165) is 11.1 Å². The smallest absolute Gasteiger partial charge is 0.337 e. The summed E-state index contributed by atoms with van der Waals surface area (Å²) in [4.78, 5) is 34.1. The van der Waals surface area contributed by atoms with Gasteiger partial charge in [-0.3, -0.25) is 14.9 Å². The van der Waals surface area contributed by atoms with Crippen LogP contribution in [0.2, 0.25) is 0 Å². The van der Waals surface area contributed by atoms with Gasteiger partial charge in [-0.15, -0.1) is 0 Å². The molecule has 0 aromatic heterocycles. The van der Waals surface area contributed by atoms with E-state index in [0.29, 0.717) is 5.56 Å². The predicted molar refractivity (Wildman–Crippen MR) is 110 cm³/mol. The number of hydrogen-bond acceptors (Lipinski definition) is 4. The van der Waals surface area contributed by atoms with Gasteiger partial charge < -0.3 is 10.4 Å². The lowest BCUT2D eigenvalue weighted by Crippen LogP contribution is -2.12. The Kier molecular flexibility index (Phi) is 5.80. The fraction of sp³-hybridized carbons (Fsp3) is 0. The van der Waals surface area contributed by atoms with E-state index in [1.54, 1.807) is 18.2 Å². The van der Waals surface area contributed by atoms with Crippen LogP contribution in [0.5, 0.6) is 0 Å². The molecule has 29 heavy (non-hydrogen) atoms. The van der Waals surface area contributed by atoms with Gasteiger partial charge in [-0.05, 0) is 34.9 Å². The van der Waals surface area contributed by atoms with Gasteiger partial charge in [0.2, 0.25) is 5.91 Å². The van der Waals surface area contributed by atoms with Crippen molar-refractivity contribution in [1.82, 2.24) is 0 Å². The van der Waals surface area contributed by atoms with Crippen molar-refractivity contribution in [3.8, 4) is 11.1 Å². The number of nitro groups is 1. The number of carboxylic acids is 1. The van der Waals surface area contributed by atoms with E-state index in [2.05, 4.69) is 5.32 Å². The molecule has 0 spiro atoms. The number of hydrogen-bond donors (Lipinski definition) is 2. The number of aromatic carboxylic acids is 1. The molecular formula is C22H16N2O5. The molecule has 0 aliphatic heterocycles. The highest BCUT2D eigenvalue weighted by atomic mass is 16.6. The van der Waals surface area contributed by atoms with Gasteiger partial charge in [-0.1, -0.05) is 48.5 Å². The molecular weight excluding hydrogens is 372 g/mol. The van der Waals surface area contributed by atoms with Crippen LogP contribution < -0.4 is 5.32 Å². The lowest BCUT2D eigenvalue weighted by Gasteiger charge is -2.10. The van der Waals surface area contributed by atoms with Crippen molar-refractivity contribution < 1.29 is 19.6 Å². The Hall–Kier alpha value is -4.26. The normalized spacial score (nSPS) is 10.6. The first kappa shape index (κ1) is 19.5. The lowest BCUT2D eigenvalue weighted by atomic mass is 10.0. The summed E-state index contributed by atoms with van der Waals surface area (Å²) in [5.74, 6) is -1.72. The number of carbonyl (C=O) groups is 2. The molecule has 3 aromatic rings. The summed E-state index contributed by atoms with van der Waals surface area (Å²) in [6, 6.07) is 19.9. The summed E-state index contributed by atoms with van der Waals surface area (Å²) in [5.41, 5.74) is 2.15. The highest BCUT2D eigenvalue weighted by Gasteiger charge is 2.13. The van der Waals surface area contributed by atoms with Crippen molar-refractivity contribution in [2.24, 2.45) is 0 Å². The molecule has 0 atom stereocenters. The van der Waals surface area contributed by atoms with Crippen molar-refractivity contribution in [1.29, 1.82) is 0 Å². The predicted octanol–water partition coefficient (Wildman–Crippen LogP) is 4.61. The van der Waals surface area contributed by atoms with E-state index < -0.39 is 16.8 Å². The molecule has 0 bridgehead atoms. The minimum Gasteiger partial charge on any atom is -0.478 e. The Labute approximate surface area is 166 Å². The third-order valence-corrected chi connectivity index (χ3v) is 4.12. The zero-order chi connectivity index (χ0) is 20.8. The largest absolute Gasteiger partial charge is 0.478 e. The molecule has 3 aromatic carbocycles. The number of carboxylic acid groups (broad SMARTS) is 1. The van der Waals surface area contributed by atoms with E-state index in [4.69, 9.17) is 0 Å². The van der Waals surface area contributed by atoms with Crippen molar-refractivity contribution in [3.05, 3.63) is 100 Å². The molecule has 3 rings (SSSR count). The highest BCUT2D eigenvalue weighted by Crippen LogP contribution is 2.26. The fourth-order valence-corrected chi connectivity index (χ4v) is 2.73. The maximum Gasteiger partial charge on any atom is 0.337 e. The standard InChI is InChI=1S/C22H16N2O5/c25-21(12-9-15-5-4-8-18(13-15)24(28)29)23-20-14-17(10-11-19(20)22(26)27)16-6-2-1-3-7-16/h1-14H,(H,23,25)(H,26,27)/b12-9+. The zero-order valence-electron chi connectivity index (χ0n) is 15.1. The van der Waals surface area contributed by atoms with Gasteiger partial charge in [0.05, 0.1) is 16.2 Å². The molecule has 0 aliphatic rings. The number of carbonyl (C=O) groups excluding carboxylic acids is 1. The molecule has 0 aliphatic carbocycles. The average Bonchev–Trinajstić information content (AvgIpc) is 2.73. The number of anilines is 1. The van der Waals surface area contributed by atoms with Gasteiger partial charge in [-0.25, -0.2) is 4.79 Å². The van der Waals surface area contributed by atoms with Gasteiger partial charge in [-0.2, -0.15) is 0 Å². The van der Waals surface area contributed by atoms with Crippen LogP contribution in [0.3, 0.4) is 0 Å². The van der Waals surface area contributed by atoms with Crippen molar-refractivity contribution in [3.63, 3.8) is 0 Å². The topological polar surface area (TPSA) is 110 Å². The Morgan fingerprint density at radius 1 is 0.931 bits per heavy atom. The van der Waals surface area contributed by atoms with Crippen LogP contribution in [0, 0.1) is 10.1 Å². The molecule has 0 heterocycles. The van der Waals surface area contributed by atoms with Crippen molar-refractivity contribution in [2.75, 3.05) is 5.32 Å². The quantitative estimate of drug-likeness (QED) is 0.364. The first-order chi connectivity index (χ1) is 13.9. The first-order valence-corrected chi connectivity index (χ1v) is 8.60. The van der Waals surface area contributed by atoms with Crippen LogP contribution in [0.25, 0.3) is 17.2 Å². The monoisotopic (exact) mass is 388 g/mol. The number of nitrogens with one attached hydrogen (secondary N) is 1. The molecule has 144 valence electrons. The van der Waals surface area contributed by atoms with Gasteiger partial charge in [0.1, 0.15) is 0 Å². The molecule has 0 saturated carbocycles. The van der Waals surface area contributed by atoms with Gasteiger partial charge in [0, 0.05) is 18.2 Å². The lowest BCUT2D eigenvalue weighted by molar-refractivity contribution is -0.384. The third kappa shape index (κ3) is 4.92. The van der Waals surface area contributed by atoms with E-state index in [-0.39, 0.29) is 16.9 Å². The Morgan fingerprint density at radius 3 is 2.38 bits per heavy atom. The van der Waals surface area contributed by atoms with Gasteiger partial charge in [0.15, 0.2) is 0 Å². The SMILES string of the molecule is O=C(/C=C/c1cccc([N+](=O)[O-])c1)Nc1cc(-c2ccccc2)ccc1C(=O)O. The highest BCUT2D eigenvalue weighted by molar-refractivity contribution is 6.06. The van der Waals surface area contributed by atoms with Crippen molar-refractivity contribution >= 4 is 29.3 Å². The summed E-state index contributed by atoms with van der Waals surface area (Å²) >= 11 is 0. The van der Waals surface area contributed by atoms with Gasteiger partial charge >= 0.3 is 5.97 Å². The third-order valence-electron chi connectivity index (χ3n) is 4.12. The molecule has 7 nitrogen and oxygen atoms in total. The second-order valence-corrected chi connectivity index (χ2v) is 6.11. The van der Waals surface area contributed by atoms with E-state index >= 15 is 0 Å². The Balaban J connectivity index is 1.84. The number of nitro benzene ring substituents is 1. The number of benzene rings is 3. The van der Waals surface area contributed by atoms with Crippen LogP contribution in [0.1, 0.15) is 15.9 Å². The van der Waals surface area contributed by atoms with E-state index in [9.17, 15) is 24.8 Å². The fourth-order valence-electron chi connectivity index (χ4n) is 2.73. The molecule has 7 heteroatoms.